The van der Waals surface area contributed by atoms with Gasteiger partial charge in [-0.3, -0.25) is 9.59 Å². The number of hydrogen-bond donors (Lipinski definition) is 2. The van der Waals surface area contributed by atoms with Crippen LogP contribution >= 0.6 is 0 Å². The molecule has 0 saturated heterocycles. The minimum absolute atomic E-state index is 0.0179. The van der Waals surface area contributed by atoms with Gasteiger partial charge in [0.25, 0.3) is 5.91 Å². The van der Waals surface area contributed by atoms with Crippen LogP contribution in [0, 0.1) is 5.82 Å². The number of halogens is 1. The molecule has 0 heterocycles. The first kappa shape index (κ1) is 20.5. The molecule has 0 bridgehead atoms. The SMILES string of the molecule is CN(C)S(=O)(=O)c1cccc(C(=O)NCC(=O)NCc2cccc(F)c2)c1. The lowest BCUT2D eigenvalue weighted by Gasteiger charge is -2.12. The van der Waals surface area contributed by atoms with E-state index in [1.165, 1.54) is 56.6 Å². The standard InChI is InChI=1S/C18H20FN3O4S/c1-22(2)27(25,26)16-8-4-6-14(10-16)18(24)21-12-17(23)20-11-13-5-3-7-15(19)9-13/h3-10H,11-12H2,1-2H3,(H,20,23)(H,21,24). The number of hydrogen-bond acceptors (Lipinski definition) is 4. The van der Waals surface area contributed by atoms with Gasteiger partial charge in [0.15, 0.2) is 0 Å². The molecule has 2 amide bonds. The number of carbonyl (C=O) groups excluding carboxylic acids is 2. The molecule has 0 unspecified atom stereocenters. The summed E-state index contributed by atoms with van der Waals surface area (Å²) in [6.45, 7) is -0.165. The van der Waals surface area contributed by atoms with Crippen LogP contribution in [-0.4, -0.2) is 45.2 Å². The normalized spacial score (nSPS) is 11.3. The minimum Gasteiger partial charge on any atom is -0.350 e. The average molecular weight is 393 g/mol. The molecule has 2 aromatic rings. The Morgan fingerprint density at radius 1 is 1.04 bits per heavy atom. The monoisotopic (exact) mass is 393 g/mol. The van der Waals surface area contributed by atoms with Crippen molar-refractivity contribution in [1.29, 1.82) is 0 Å². The van der Waals surface area contributed by atoms with Gasteiger partial charge in [0.05, 0.1) is 11.4 Å². The number of amides is 2. The Morgan fingerprint density at radius 3 is 2.41 bits per heavy atom. The molecule has 0 aliphatic carbocycles. The summed E-state index contributed by atoms with van der Waals surface area (Å²) in [5.41, 5.74) is 0.715. The van der Waals surface area contributed by atoms with Crippen LogP contribution in [-0.2, 0) is 21.4 Å². The van der Waals surface area contributed by atoms with Crippen molar-refractivity contribution >= 4 is 21.8 Å². The van der Waals surface area contributed by atoms with Crippen molar-refractivity contribution in [3.8, 4) is 0 Å². The number of sulfonamides is 1. The predicted octanol–water partition coefficient (Wildman–Crippen LogP) is 1.12. The van der Waals surface area contributed by atoms with Crippen molar-refractivity contribution < 1.29 is 22.4 Å². The van der Waals surface area contributed by atoms with E-state index in [4.69, 9.17) is 0 Å². The molecule has 0 aromatic heterocycles. The fraction of sp³-hybridized carbons (Fsp3) is 0.222. The molecule has 2 aromatic carbocycles. The Balaban J connectivity index is 1.93. The van der Waals surface area contributed by atoms with E-state index in [0.29, 0.717) is 5.56 Å². The second kappa shape index (κ2) is 8.74. The molecule has 7 nitrogen and oxygen atoms in total. The van der Waals surface area contributed by atoms with Crippen molar-refractivity contribution in [3.05, 3.63) is 65.5 Å². The highest BCUT2D eigenvalue weighted by atomic mass is 32.2. The maximum atomic E-state index is 13.1. The maximum absolute atomic E-state index is 13.1. The lowest BCUT2D eigenvalue weighted by Crippen LogP contribution is -2.36. The third kappa shape index (κ3) is 5.60. The minimum atomic E-state index is -3.66. The Kier molecular flexibility index (Phi) is 6.65. The molecule has 0 atom stereocenters. The molecule has 9 heteroatoms. The molecule has 0 aliphatic heterocycles. The number of nitrogens with zero attached hydrogens (tertiary/aromatic N) is 1. The Morgan fingerprint density at radius 2 is 1.74 bits per heavy atom. The van der Waals surface area contributed by atoms with Crippen LogP contribution in [0.5, 0.6) is 0 Å². The molecule has 2 rings (SSSR count). The average Bonchev–Trinajstić information content (AvgIpc) is 2.64. The van der Waals surface area contributed by atoms with Gasteiger partial charge < -0.3 is 10.6 Å². The van der Waals surface area contributed by atoms with Crippen LogP contribution in [0.15, 0.2) is 53.4 Å². The van der Waals surface area contributed by atoms with Crippen molar-refractivity contribution in [2.75, 3.05) is 20.6 Å². The molecule has 2 N–H and O–H groups in total. The van der Waals surface area contributed by atoms with Gasteiger partial charge in [0, 0.05) is 26.2 Å². The van der Waals surface area contributed by atoms with E-state index in [-0.39, 0.29) is 23.5 Å². The first-order valence-electron chi connectivity index (χ1n) is 8.02. The largest absolute Gasteiger partial charge is 0.350 e. The zero-order valence-corrected chi connectivity index (χ0v) is 15.7. The van der Waals surface area contributed by atoms with E-state index in [9.17, 15) is 22.4 Å². The highest BCUT2D eigenvalue weighted by Crippen LogP contribution is 2.14. The van der Waals surface area contributed by atoms with Crippen molar-refractivity contribution in [2.45, 2.75) is 11.4 Å². The lowest BCUT2D eigenvalue weighted by molar-refractivity contribution is -0.120. The third-order valence-electron chi connectivity index (χ3n) is 3.66. The molecule has 144 valence electrons. The summed E-state index contributed by atoms with van der Waals surface area (Å²) in [4.78, 5) is 24.0. The second-order valence-electron chi connectivity index (χ2n) is 5.90. The summed E-state index contributed by atoms with van der Waals surface area (Å²) in [5, 5.41) is 4.98. The van der Waals surface area contributed by atoms with Crippen molar-refractivity contribution in [2.24, 2.45) is 0 Å². The molecule has 0 aliphatic rings. The van der Waals surface area contributed by atoms with E-state index >= 15 is 0 Å². The summed E-state index contributed by atoms with van der Waals surface area (Å²) in [6, 6.07) is 11.3. The summed E-state index contributed by atoms with van der Waals surface area (Å²) < 4.78 is 38.4. The zero-order valence-electron chi connectivity index (χ0n) is 14.9. The summed E-state index contributed by atoms with van der Waals surface area (Å²) in [7, 11) is -0.876. The van der Waals surface area contributed by atoms with Gasteiger partial charge in [-0.15, -0.1) is 0 Å². The van der Waals surface area contributed by atoms with E-state index in [2.05, 4.69) is 10.6 Å². The van der Waals surface area contributed by atoms with Gasteiger partial charge in [-0.25, -0.2) is 17.1 Å². The van der Waals surface area contributed by atoms with Gasteiger partial charge in [0.2, 0.25) is 15.9 Å². The molecule has 27 heavy (non-hydrogen) atoms. The lowest BCUT2D eigenvalue weighted by atomic mass is 10.2. The summed E-state index contributed by atoms with van der Waals surface area (Å²) >= 11 is 0. The van der Waals surface area contributed by atoms with Crippen molar-refractivity contribution in [1.82, 2.24) is 14.9 Å². The van der Waals surface area contributed by atoms with E-state index in [0.717, 1.165) is 4.31 Å². The van der Waals surface area contributed by atoms with Crippen LogP contribution < -0.4 is 10.6 Å². The molecular weight excluding hydrogens is 373 g/mol. The van der Waals surface area contributed by atoms with Crippen LogP contribution in [0.2, 0.25) is 0 Å². The summed E-state index contributed by atoms with van der Waals surface area (Å²) in [6.07, 6.45) is 0. The molecule has 0 fully saturated rings. The van der Waals surface area contributed by atoms with E-state index in [1.54, 1.807) is 6.07 Å². The number of rotatable bonds is 7. The fourth-order valence-corrected chi connectivity index (χ4v) is 3.13. The van der Waals surface area contributed by atoms with Crippen LogP contribution in [0.25, 0.3) is 0 Å². The predicted molar refractivity (Wildman–Crippen MR) is 97.9 cm³/mol. The first-order valence-corrected chi connectivity index (χ1v) is 9.46. The smallest absolute Gasteiger partial charge is 0.251 e. The van der Waals surface area contributed by atoms with Gasteiger partial charge >= 0.3 is 0 Å². The quantitative estimate of drug-likeness (QED) is 0.737. The topological polar surface area (TPSA) is 95.6 Å². The highest BCUT2D eigenvalue weighted by molar-refractivity contribution is 7.89. The Bertz CT molecular complexity index is 945. The van der Waals surface area contributed by atoms with Crippen molar-refractivity contribution in [3.63, 3.8) is 0 Å². The summed E-state index contributed by atoms with van der Waals surface area (Å²) in [5.74, 6) is -1.43. The Labute approximate surface area is 157 Å². The second-order valence-corrected chi connectivity index (χ2v) is 8.06. The number of nitrogens with one attached hydrogen (secondary N) is 2. The molecule has 0 spiro atoms. The fourth-order valence-electron chi connectivity index (χ4n) is 2.18. The third-order valence-corrected chi connectivity index (χ3v) is 5.47. The first-order chi connectivity index (χ1) is 12.7. The van der Waals surface area contributed by atoms with Gasteiger partial charge in [-0.05, 0) is 35.9 Å². The van der Waals surface area contributed by atoms with Gasteiger partial charge in [-0.2, -0.15) is 0 Å². The van der Waals surface area contributed by atoms with E-state index in [1.807, 2.05) is 0 Å². The van der Waals surface area contributed by atoms with Crippen LogP contribution in [0.3, 0.4) is 0 Å². The Hall–Kier alpha value is -2.78. The van der Waals surface area contributed by atoms with Gasteiger partial charge in [0.1, 0.15) is 5.82 Å². The molecule has 0 saturated carbocycles. The highest BCUT2D eigenvalue weighted by Gasteiger charge is 2.18. The number of carbonyl (C=O) groups is 2. The van der Waals surface area contributed by atoms with Crippen LogP contribution in [0.1, 0.15) is 15.9 Å². The van der Waals surface area contributed by atoms with Crippen LogP contribution in [0.4, 0.5) is 4.39 Å². The van der Waals surface area contributed by atoms with Gasteiger partial charge in [-0.1, -0.05) is 18.2 Å². The maximum Gasteiger partial charge on any atom is 0.251 e. The zero-order chi connectivity index (χ0) is 20.0. The molecular formula is C18H20FN3O4S. The van der Waals surface area contributed by atoms with E-state index < -0.39 is 27.7 Å². The number of benzene rings is 2. The molecule has 0 radical (unpaired) electrons.